The van der Waals surface area contributed by atoms with Crippen LogP contribution in [-0.2, 0) is 14.3 Å². The lowest BCUT2D eigenvalue weighted by atomic mass is 9.96. The van der Waals surface area contributed by atoms with Gasteiger partial charge in [-0.3, -0.25) is 9.69 Å². The zero-order valence-corrected chi connectivity index (χ0v) is 16.2. The van der Waals surface area contributed by atoms with E-state index in [1.54, 1.807) is 17.5 Å². The van der Waals surface area contributed by atoms with Crippen molar-refractivity contribution in [3.05, 3.63) is 48.3 Å². The number of hydrogen-bond donors (Lipinski definition) is 0. The van der Waals surface area contributed by atoms with Gasteiger partial charge < -0.3 is 18.3 Å². The molecule has 5 rings (SSSR count). The van der Waals surface area contributed by atoms with E-state index in [0.29, 0.717) is 37.9 Å². The van der Waals surface area contributed by atoms with Crippen LogP contribution in [0.3, 0.4) is 0 Å². The predicted molar refractivity (Wildman–Crippen MR) is 103 cm³/mol. The molecule has 2 aromatic heterocycles. The van der Waals surface area contributed by atoms with Crippen LogP contribution in [-0.4, -0.2) is 60.7 Å². The van der Waals surface area contributed by atoms with Crippen molar-refractivity contribution in [1.82, 2.24) is 9.91 Å². The van der Waals surface area contributed by atoms with E-state index in [1.807, 2.05) is 24.3 Å². The van der Waals surface area contributed by atoms with Gasteiger partial charge in [0.15, 0.2) is 6.29 Å². The van der Waals surface area contributed by atoms with E-state index in [9.17, 15) is 4.79 Å². The van der Waals surface area contributed by atoms with Crippen LogP contribution in [0.25, 0.3) is 0 Å². The van der Waals surface area contributed by atoms with Gasteiger partial charge in [0.1, 0.15) is 23.3 Å². The fourth-order valence-electron chi connectivity index (χ4n) is 4.33. The quantitative estimate of drug-likeness (QED) is 0.769. The molecule has 1 unspecified atom stereocenters. The summed E-state index contributed by atoms with van der Waals surface area (Å²) < 4.78 is 22.4. The van der Waals surface area contributed by atoms with E-state index in [1.165, 1.54) is 0 Å². The molecule has 0 bridgehead atoms. The van der Waals surface area contributed by atoms with Crippen molar-refractivity contribution in [3.8, 4) is 0 Å². The zero-order chi connectivity index (χ0) is 19.6. The van der Waals surface area contributed by atoms with Gasteiger partial charge in [0, 0.05) is 12.3 Å². The molecule has 0 radical (unpaired) electrons. The topological polar surface area (TPSA) is 80.7 Å². The third kappa shape index (κ3) is 3.88. The van der Waals surface area contributed by atoms with E-state index >= 15 is 0 Å². The number of ether oxygens (including phenoxy) is 2. The molecule has 2 fully saturated rings. The van der Waals surface area contributed by atoms with E-state index in [-0.39, 0.29) is 18.2 Å². The Morgan fingerprint density at radius 2 is 1.83 bits per heavy atom. The maximum absolute atomic E-state index is 13.1. The first-order valence-electron chi connectivity index (χ1n) is 10.2. The number of piperidine rings is 1. The molecule has 1 amide bonds. The summed E-state index contributed by atoms with van der Waals surface area (Å²) in [6, 6.07) is 7.17. The number of amides is 1. The first kappa shape index (κ1) is 18.6. The van der Waals surface area contributed by atoms with Crippen LogP contribution in [0.1, 0.15) is 36.8 Å². The first-order chi connectivity index (χ1) is 14.3. The summed E-state index contributed by atoms with van der Waals surface area (Å²) in [5.74, 6) is 1.81. The number of hydrogen-bond acceptors (Lipinski definition) is 7. The molecule has 2 saturated heterocycles. The maximum atomic E-state index is 13.1. The second-order valence-electron chi connectivity index (χ2n) is 7.72. The van der Waals surface area contributed by atoms with Crippen LogP contribution in [0, 0.1) is 5.92 Å². The number of hydrazone groups is 1. The number of furan rings is 2. The third-order valence-corrected chi connectivity index (χ3v) is 5.87. The second kappa shape index (κ2) is 8.14. The molecule has 8 nitrogen and oxygen atoms in total. The van der Waals surface area contributed by atoms with Crippen molar-refractivity contribution < 1.29 is 23.1 Å². The molecule has 0 spiro atoms. The van der Waals surface area contributed by atoms with Crippen molar-refractivity contribution in [2.45, 2.75) is 31.6 Å². The Bertz CT molecular complexity index is 834. The molecule has 3 aliphatic heterocycles. The van der Waals surface area contributed by atoms with Gasteiger partial charge in [0.25, 0.3) is 5.91 Å². The lowest BCUT2D eigenvalue weighted by molar-refractivity contribution is -0.136. The normalized spacial score (nSPS) is 24.3. The molecule has 0 saturated carbocycles. The Labute approximate surface area is 169 Å². The monoisotopic (exact) mass is 399 g/mol. The predicted octanol–water partition coefficient (Wildman–Crippen LogP) is 2.64. The van der Waals surface area contributed by atoms with E-state index < -0.39 is 0 Å². The Balaban J connectivity index is 1.24. The molecular formula is C21H25N3O5. The summed E-state index contributed by atoms with van der Waals surface area (Å²) in [5, 5.41) is 6.15. The second-order valence-corrected chi connectivity index (χ2v) is 7.72. The van der Waals surface area contributed by atoms with Gasteiger partial charge in [-0.25, -0.2) is 5.01 Å². The summed E-state index contributed by atoms with van der Waals surface area (Å²) >= 11 is 0. The molecule has 29 heavy (non-hydrogen) atoms. The molecule has 154 valence electrons. The summed E-state index contributed by atoms with van der Waals surface area (Å²) in [7, 11) is 0. The average molecular weight is 399 g/mol. The molecule has 3 aliphatic rings. The van der Waals surface area contributed by atoms with Crippen molar-refractivity contribution in [2.24, 2.45) is 11.0 Å². The van der Waals surface area contributed by atoms with Crippen molar-refractivity contribution in [1.29, 1.82) is 0 Å². The highest BCUT2D eigenvalue weighted by atomic mass is 16.7. The molecule has 0 aromatic carbocycles. The summed E-state index contributed by atoms with van der Waals surface area (Å²) in [6.07, 6.45) is 5.69. The number of carbonyl (C=O) groups excluding carboxylic acids is 1. The van der Waals surface area contributed by atoms with Crippen molar-refractivity contribution >= 4 is 11.6 Å². The lowest BCUT2D eigenvalue weighted by Gasteiger charge is -2.34. The Morgan fingerprint density at radius 3 is 2.52 bits per heavy atom. The lowest BCUT2D eigenvalue weighted by Crippen LogP contribution is -2.43. The van der Waals surface area contributed by atoms with E-state index in [0.717, 1.165) is 37.4 Å². The number of carbonyl (C=O) groups is 1. The summed E-state index contributed by atoms with van der Waals surface area (Å²) in [6.45, 7) is 3.41. The van der Waals surface area contributed by atoms with Crippen LogP contribution >= 0.6 is 0 Å². The SMILES string of the molecule is O=C(CN1CCC(C2OCCO2)CC1)N1N=C(c2ccco2)CC1c1ccco1. The van der Waals surface area contributed by atoms with Gasteiger partial charge in [0.2, 0.25) is 0 Å². The molecular weight excluding hydrogens is 374 g/mol. The molecule has 8 heteroatoms. The van der Waals surface area contributed by atoms with Crippen LogP contribution in [0.15, 0.2) is 50.7 Å². The van der Waals surface area contributed by atoms with Crippen LogP contribution < -0.4 is 0 Å². The minimum Gasteiger partial charge on any atom is -0.467 e. The molecule has 0 aliphatic carbocycles. The minimum atomic E-state index is -0.240. The molecule has 2 aromatic rings. The third-order valence-electron chi connectivity index (χ3n) is 5.87. The van der Waals surface area contributed by atoms with Crippen LogP contribution in [0.5, 0.6) is 0 Å². The van der Waals surface area contributed by atoms with Crippen molar-refractivity contribution in [3.63, 3.8) is 0 Å². The van der Waals surface area contributed by atoms with Gasteiger partial charge in [-0.05, 0) is 50.2 Å². The summed E-state index contributed by atoms with van der Waals surface area (Å²) in [4.78, 5) is 15.3. The summed E-state index contributed by atoms with van der Waals surface area (Å²) in [5.41, 5.74) is 0.763. The Morgan fingerprint density at radius 1 is 1.07 bits per heavy atom. The van der Waals surface area contributed by atoms with Crippen LogP contribution in [0.4, 0.5) is 0 Å². The minimum absolute atomic E-state index is 0.0280. The highest BCUT2D eigenvalue weighted by Crippen LogP contribution is 2.33. The fourth-order valence-corrected chi connectivity index (χ4v) is 4.33. The average Bonchev–Trinajstić information content (AvgIpc) is 3.55. The van der Waals surface area contributed by atoms with E-state index in [2.05, 4.69) is 10.0 Å². The Hall–Kier alpha value is -2.42. The Kier molecular flexibility index (Phi) is 5.22. The van der Waals surface area contributed by atoms with Crippen LogP contribution in [0.2, 0.25) is 0 Å². The van der Waals surface area contributed by atoms with Gasteiger partial charge >= 0.3 is 0 Å². The number of rotatable bonds is 5. The van der Waals surface area contributed by atoms with Gasteiger partial charge in [-0.1, -0.05) is 0 Å². The van der Waals surface area contributed by atoms with Gasteiger partial charge in [0.05, 0.1) is 32.3 Å². The first-order valence-corrected chi connectivity index (χ1v) is 10.2. The van der Waals surface area contributed by atoms with Crippen molar-refractivity contribution in [2.75, 3.05) is 32.8 Å². The number of likely N-dealkylation sites (tertiary alicyclic amines) is 1. The fraction of sp³-hybridized carbons (Fsp3) is 0.524. The largest absolute Gasteiger partial charge is 0.467 e. The van der Waals surface area contributed by atoms with E-state index in [4.69, 9.17) is 18.3 Å². The highest BCUT2D eigenvalue weighted by molar-refractivity contribution is 6.01. The smallest absolute Gasteiger partial charge is 0.257 e. The van der Waals surface area contributed by atoms with Gasteiger partial charge in [-0.2, -0.15) is 5.10 Å². The maximum Gasteiger partial charge on any atom is 0.257 e. The standard InChI is InChI=1S/C21H25N3O5/c25-20(14-23-7-5-15(6-8-23)21-28-11-12-29-21)24-17(19-4-2-10-27-19)13-16(22-24)18-3-1-9-26-18/h1-4,9-10,15,17,21H,5-8,11-14H2. The molecule has 5 heterocycles. The van der Waals surface area contributed by atoms with Gasteiger partial charge in [-0.15, -0.1) is 0 Å². The molecule has 1 atom stereocenters. The molecule has 0 N–H and O–H groups in total. The number of nitrogens with zero attached hydrogens (tertiary/aromatic N) is 3. The highest BCUT2D eigenvalue weighted by Gasteiger charge is 2.37. The zero-order valence-electron chi connectivity index (χ0n) is 16.2.